The quantitative estimate of drug-likeness (QED) is 0.591. The van der Waals surface area contributed by atoms with Crippen molar-refractivity contribution in [1.82, 2.24) is 10.2 Å². The van der Waals surface area contributed by atoms with Crippen LogP contribution in [0.4, 0.5) is 24.5 Å². The molecule has 1 aromatic carbocycles. The highest BCUT2D eigenvalue weighted by molar-refractivity contribution is 5.81. The van der Waals surface area contributed by atoms with Crippen molar-refractivity contribution >= 4 is 17.3 Å². The molecular weight excluding hydrogens is 389 g/mol. The molecule has 2 fully saturated rings. The van der Waals surface area contributed by atoms with E-state index in [1.807, 2.05) is 11.8 Å². The Hall–Kier alpha value is -2.36. The van der Waals surface area contributed by atoms with E-state index in [-0.39, 0.29) is 23.7 Å². The van der Waals surface area contributed by atoms with Gasteiger partial charge in [-0.1, -0.05) is 12.8 Å². The molecule has 1 aliphatic heterocycles. The van der Waals surface area contributed by atoms with Crippen LogP contribution < -0.4 is 10.2 Å². The Balaban J connectivity index is 1.64. The third-order valence-electron chi connectivity index (χ3n) is 5.78. The zero-order valence-corrected chi connectivity index (χ0v) is 16.2. The highest BCUT2D eigenvalue weighted by Gasteiger charge is 2.35. The molecule has 1 heterocycles. The number of benzene rings is 1. The topological polar surface area (TPSA) is 78.7 Å². The summed E-state index contributed by atoms with van der Waals surface area (Å²) in [7, 11) is 0. The lowest BCUT2D eigenvalue weighted by Gasteiger charge is -2.38. The molecule has 1 saturated heterocycles. The van der Waals surface area contributed by atoms with Crippen LogP contribution in [0.25, 0.3) is 0 Å². The fourth-order valence-corrected chi connectivity index (χ4v) is 4.02. The van der Waals surface area contributed by atoms with Crippen molar-refractivity contribution in [3.8, 4) is 0 Å². The van der Waals surface area contributed by atoms with E-state index in [9.17, 15) is 28.1 Å². The van der Waals surface area contributed by atoms with E-state index < -0.39 is 22.4 Å². The van der Waals surface area contributed by atoms with Gasteiger partial charge in [0, 0.05) is 38.3 Å². The van der Waals surface area contributed by atoms with E-state index in [2.05, 4.69) is 5.32 Å². The summed E-state index contributed by atoms with van der Waals surface area (Å²) in [5.74, 6) is -0.0224. The minimum absolute atomic E-state index is 0.0224. The normalized spacial score (nSPS) is 19.9. The smallest absolute Gasteiger partial charge is 0.363 e. The summed E-state index contributed by atoms with van der Waals surface area (Å²) >= 11 is 0. The van der Waals surface area contributed by atoms with Gasteiger partial charge >= 0.3 is 6.18 Å². The Morgan fingerprint density at radius 2 is 1.83 bits per heavy atom. The van der Waals surface area contributed by atoms with Crippen molar-refractivity contribution in [1.29, 1.82) is 0 Å². The minimum Gasteiger partial charge on any atom is -0.363 e. The number of nitro benzene ring substituents is 1. The Labute approximate surface area is 167 Å². The van der Waals surface area contributed by atoms with E-state index in [0.29, 0.717) is 32.2 Å². The molecule has 29 heavy (non-hydrogen) atoms. The zero-order chi connectivity index (χ0) is 21.2. The molecule has 1 aliphatic carbocycles. The molecule has 3 rings (SSSR count). The molecule has 1 saturated carbocycles. The number of nitrogens with zero attached hydrogens (tertiary/aromatic N) is 3. The van der Waals surface area contributed by atoms with Crippen LogP contribution in [-0.2, 0) is 11.0 Å². The summed E-state index contributed by atoms with van der Waals surface area (Å²) in [4.78, 5) is 26.7. The zero-order valence-electron chi connectivity index (χ0n) is 16.2. The van der Waals surface area contributed by atoms with Gasteiger partial charge in [0.25, 0.3) is 5.69 Å². The number of nitrogens with one attached hydrogen (secondary N) is 1. The average molecular weight is 414 g/mol. The van der Waals surface area contributed by atoms with Crippen LogP contribution in [0.5, 0.6) is 0 Å². The van der Waals surface area contributed by atoms with Gasteiger partial charge in [-0.3, -0.25) is 19.8 Å². The van der Waals surface area contributed by atoms with Crippen LogP contribution in [0.2, 0.25) is 0 Å². The first kappa shape index (κ1) is 21.4. The summed E-state index contributed by atoms with van der Waals surface area (Å²) in [6, 6.07) is 2.53. The van der Waals surface area contributed by atoms with E-state index in [1.165, 1.54) is 0 Å². The molecule has 7 nitrogen and oxygen atoms in total. The lowest BCUT2D eigenvalue weighted by molar-refractivity contribution is -0.384. The molecule has 10 heteroatoms. The van der Waals surface area contributed by atoms with Crippen LogP contribution in [0.1, 0.15) is 38.2 Å². The average Bonchev–Trinajstić information content (AvgIpc) is 3.19. The second-order valence-electron chi connectivity index (χ2n) is 7.65. The predicted octanol–water partition coefficient (Wildman–Crippen LogP) is 3.18. The number of halogens is 3. The van der Waals surface area contributed by atoms with Crippen LogP contribution in [-0.4, -0.2) is 54.0 Å². The molecule has 1 amide bonds. The van der Waals surface area contributed by atoms with Crippen LogP contribution in [0, 0.1) is 10.1 Å². The molecule has 0 aromatic heterocycles. The van der Waals surface area contributed by atoms with E-state index in [1.54, 1.807) is 4.90 Å². The standard InChI is InChI=1S/C19H25F3N4O3/c1-13(18(27)23-15-4-2-3-5-15)24-8-10-25(11-9-24)16-7-6-14(19(20,21)22)12-17(16)26(28)29/h6-7,12-13,15H,2-5,8-11H2,1H3,(H,23,27). The first-order valence-electron chi connectivity index (χ1n) is 9.82. The number of carbonyl (C=O) groups is 1. The number of piperazine rings is 1. The maximum Gasteiger partial charge on any atom is 0.416 e. The van der Waals surface area contributed by atoms with Crippen LogP contribution in [0.3, 0.4) is 0 Å². The molecule has 0 radical (unpaired) electrons. The number of carbonyl (C=O) groups excluding carboxylic acids is 1. The number of nitro groups is 1. The second kappa shape index (κ2) is 8.56. The van der Waals surface area contributed by atoms with Gasteiger partial charge in [0.05, 0.1) is 16.5 Å². The van der Waals surface area contributed by atoms with Gasteiger partial charge in [-0.05, 0) is 31.9 Å². The maximum absolute atomic E-state index is 12.9. The number of amides is 1. The third-order valence-corrected chi connectivity index (χ3v) is 5.78. The van der Waals surface area contributed by atoms with Crippen molar-refractivity contribution in [2.24, 2.45) is 0 Å². The first-order chi connectivity index (χ1) is 13.7. The van der Waals surface area contributed by atoms with Gasteiger partial charge in [0.15, 0.2) is 0 Å². The minimum atomic E-state index is -4.63. The fraction of sp³-hybridized carbons (Fsp3) is 0.632. The van der Waals surface area contributed by atoms with Gasteiger partial charge in [0.2, 0.25) is 5.91 Å². The molecule has 1 unspecified atom stereocenters. The molecule has 2 aliphatic rings. The molecule has 1 N–H and O–H groups in total. The summed E-state index contributed by atoms with van der Waals surface area (Å²) in [6.07, 6.45) is -0.369. The van der Waals surface area contributed by atoms with Crippen LogP contribution in [0.15, 0.2) is 18.2 Å². The van der Waals surface area contributed by atoms with Crippen LogP contribution >= 0.6 is 0 Å². The van der Waals surface area contributed by atoms with Crippen molar-refractivity contribution in [2.45, 2.75) is 50.9 Å². The highest BCUT2D eigenvalue weighted by Crippen LogP contribution is 2.36. The highest BCUT2D eigenvalue weighted by atomic mass is 19.4. The number of rotatable bonds is 5. The van der Waals surface area contributed by atoms with Crippen molar-refractivity contribution < 1.29 is 22.9 Å². The molecule has 1 aromatic rings. The Bertz CT molecular complexity index is 758. The predicted molar refractivity (Wildman–Crippen MR) is 102 cm³/mol. The van der Waals surface area contributed by atoms with Crippen molar-refractivity contribution in [2.75, 3.05) is 31.1 Å². The van der Waals surface area contributed by atoms with E-state index >= 15 is 0 Å². The van der Waals surface area contributed by atoms with Gasteiger partial charge in [-0.25, -0.2) is 0 Å². The maximum atomic E-state index is 12.9. The summed E-state index contributed by atoms with van der Waals surface area (Å²) in [5.41, 5.74) is -1.42. The number of alkyl halides is 3. The lowest BCUT2D eigenvalue weighted by Crippen LogP contribution is -2.55. The van der Waals surface area contributed by atoms with Gasteiger partial charge in [-0.2, -0.15) is 13.2 Å². The SMILES string of the molecule is CC(C(=O)NC1CCCC1)N1CCN(c2ccc(C(F)(F)F)cc2[N+](=O)[O-])CC1. The van der Waals surface area contributed by atoms with E-state index in [0.717, 1.165) is 37.8 Å². The number of anilines is 1. The van der Waals surface area contributed by atoms with Crippen molar-refractivity contribution in [3.05, 3.63) is 33.9 Å². The molecular formula is C19H25F3N4O3. The molecule has 0 spiro atoms. The van der Waals surface area contributed by atoms with Gasteiger partial charge in [-0.15, -0.1) is 0 Å². The van der Waals surface area contributed by atoms with E-state index in [4.69, 9.17) is 0 Å². The molecule has 160 valence electrons. The fourth-order valence-electron chi connectivity index (χ4n) is 4.02. The Morgan fingerprint density at radius 1 is 1.21 bits per heavy atom. The molecule has 1 atom stereocenters. The Morgan fingerprint density at radius 3 is 2.38 bits per heavy atom. The molecule has 0 bridgehead atoms. The van der Waals surface area contributed by atoms with Gasteiger partial charge in [0.1, 0.15) is 5.69 Å². The Kier molecular flexibility index (Phi) is 6.30. The first-order valence-corrected chi connectivity index (χ1v) is 9.82. The number of hydrogen-bond acceptors (Lipinski definition) is 5. The lowest BCUT2D eigenvalue weighted by atomic mass is 10.1. The monoisotopic (exact) mass is 414 g/mol. The summed E-state index contributed by atoms with van der Waals surface area (Å²) in [6.45, 7) is 3.62. The number of hydrogen-bond donors (Lipinski definition) is 1. The largest absolute Gasteiger partial charge is 0.416 e. The van der Waals surface area contributed by atoms with Crippen molar-refractivity contribution in [3.63, 3.8) is 0 Å². The third kappa shape index (κ3) is 4.98. The summed E-state index contributed by atoms with van der Waals surface area (Å²) in [5, 5.41) is 14.4. The van der Waals surface area contributed by atoms with Gasteiger partial charge < -0.3 is 10.2 Å². The second-order valence-corrected chi connectivity index (χ2v) is 7.65. The summed E-state index contributed by atoms with van der Waals surface area (Å²) < 4.78 is 38.7.